The number of nitrogens with zero attached hydrogens (tertiary/aromatic N) is 9. The van der Waals surface area contributed by atoms with Crippen molar-refractivity contribution in [3.63, 3.8) is 0 Å². The number of hydrogen-bond donors (Lipinski definition) is 1. The van der Waals surface area contributed by atoms with E-state index in [2.05, 4.69) is 102 Å². The lowest BCUT2D eigenvalue weighted by molar-refractivity contribution is -0.164. The average molecular weight is 966 g/mol. The van der Waals surface area contributed by atoms with Crippen LogP contribution in [-0.2, 0) is 6.42 Å². The Hall–Kier alpha value is -6.11. The number of aromatic nitrogens is 6. The normalized spacial score (nSPS) is 22.5. The van der Waals surface area contributed by atoms with Gasteiger partial charge in [-0.15, -0.1) is 21.5 Å². The molecule has 69 heavy (non-hydrogen) atoms. The van der Waals surface area contributed by atoms with Gasteiger partial charge < -0.3 is 24.1 Å². The summed E-state index contributed by atoms with van der Waals surface area (Å²) in [6, 6.07) is 15.2. The zero-order chi connectivity index (χ0) is 48.2. The standard InChI is InChI=1S/C53H57ClN10O4S/c1-29-31(3)69-46-42(29)43(59-40(22-41-56-17-20-66-41)44-62-61-32(4)64(44)46)33-9-12-35(13-10-33)67-37-23-53(24-37)27-52(28-53)15-18-63(19-16-52)49-57-26-38(30(2)58-49)45(65)60-47-50(5,6)48(51(47,7)8)68-36-14-11-34(25-55)39(54)21-36/h9-14,17,20-21,26,37,40,47-48H,15-16,18-19,22-24,27-28H2,1-8H3,(H,60,65)/t40-,47?,48?/m0/s1. The number of nitriles is 1. The number of anilines is 1. The van der Waals surface area contributed by atoms with Crippen LogP contribution in [0.5, 0.6) is 11.5 Å². The number of halogens is 1. The van der Waals surface area contributed by atoms with Gasteiger partial charge in [-0.05, 0) is 119 Å². The van der Waals surface area contributed by atoms with Crippen molar-refractivity contribution < 1.29 is 18.7 Å². The Morgan fingerprint density at radius 2 is 1.68 bits per heavy atom. The molecule has 4 fully saturated rings. The van der Waals surface area contributed by atoms with Gasteiger partial charge in [-0.3, -0.25) is 14.4 Å². The molecule has 4 aromatic heterocycles. The highest BCUT2D eigenvalue weighted by molar-refractivity contribution is 7.15. The Labute approximate surface area is 411 Å². The zero-order valence-corrected chi connectivity index (χ0v) is 42.0. The summed E-state index contributed by atoms with van der Waals surface area (Å²) in [7, 11) is 0. The van der Waals surface area contributed by atoms with Crippen LogP contribution in [0.3, 0.4) is 0 Å². The fraction of sp³-hybridized carbons (Fsp3) is 0.472. The lowest BCUT2D eigenvalue weighted by atomic mass is 9.42. The maximum Gasteiger partial charge on any atom is 0.254 e. The highest BCUT2D eigenvalue weighted by atomic mass is 35.5. The molecular weight excluding hydrogens is 908 g/mol. The maximum atomic E-state index is 13.8. The van der Waals surface area contributed by atoms with Crippen LogP contribution < -0.4 is 19.7 Å². The second-order valence-corrected chi connectivity index (χ2v) is 23.1. The predicted molar refractivity (Wildman–Crippen MR) is 264 cm³/mol. The van der Waals surface area contributed by atoms with Gasteiger partial charge in [0.1, 0.15) is 46.8 Å². The van der Waals surface area contributed by atoms with Crippen molar-refractivity contribution >= 4 is 40.5 Å². The molecule has 1 saturated heterocycles. The summed E-state index contributed by atoms with van der Waals surface area (Å²) in [6.45, 7) is 18.4. The van der Waals surface area contributed by atoms with Crippen molar-refractivity contribution in [2.45, 2.75) is 125 Å². The van der Waals surface area contributed by atoms with Crippen LogP contribution in [0.2, 0.25) is 5.02 Å². The lowest BCUT2D eigenvalue weighted by Crippen LogP contribution is -2.74. The van der Waals surface area contributed by atoms with Crippen LogP contribution in [-0.4, -0.2) is 72.7 Å². The molecule has 3 saturated carbocycles. The Morgan fingerprint density at radius 3 is 2.35 bits per heavy atom. The highest BCUT2D eigenvalue weighted by Gasteiger charge is 2.64. The number of thiophene rings is 1. The van der Waals surface area contributed by atoms with Gasteiger partial charge in [0.05, 0.1) is 46.3 Å². The molecule has 0 unspecified atom stereocenters. The fourth-order valence-corrected chi connectivity index (χ4v) is 14.3. The summed E-state index contributed by atoms with van der Waals surface area (Å²) < 4.78 is 20.9. The van der Waals surface area contributed by atoms with Crippen LogP contribution in [0.15, 0.2) is 70.5 Å². The molecule has 1 atom stereocenters. The Morgan fingerprint density at radius 1 is 0.957 bits per heavy atom. The maximum absolute atomic E-state index is 13.8. The molecule has 0 radical (unpaired) electrons. The number of aryl methyl sites for hydroxylation is 3. The monoisotopic (exact) mass is 964 g/mol. The van der Waals surface area contributed by atoms with E-state index in [4.69, 9.17) is 40.5 Å². The molecule has 2 aromatic carbocycles. The minimum Gasteiger partial charge on any atom is -0.490 e. The van der Waals surface area contributed by atoms with E-state index in [-0.39, 0.29) is 41.0 Å². The largest absolute Gasteiger partial charge is 0.490 e. The minimum atomic E-state index is -0.380. The van der Waals surface area contributed by atoms with Gasteiger partial charge in [0.25, 0.3) is 5.91 Å². The van der Waals surface area contributed by atoms with Crippen molar-refractivity contribution in [1.82, 2.24) is 35.0 Å². The van der Waals surface area contributed by atoms with E-state index in [0.29, 0.717) is 56.7 Å². The van der Waals surface area contributed by atoms with Crippen LogP contribution in [0.1, 0.15) is 133 Å². The van der Waals surface area contributed by atoms with Crippen LogP contribution in [0.25, 0.3) is 5.00 Å². The third-order valence-electron chi connectivity index (χ3n) is 16.1. The van der Waals surface area contributed by atoms with Crippen molar-refractivity contribution in [2.24, 2.45) is 26.7 Å². The molecule has 11 rings (SSSR count). The third kappa shape index (κ3) is 7.69. The van der Waals surface area contributed by atoms with E-state index >= 15 is 0 Å². The Balaban J connectivity index is 0.680. The number of hydrogen-bond acceptors (Lipinski definition) is 13. The van der Waals surface area contributed by atoms with Crippen molar-refractivity contribution in [3.05, 3.63) is 122 Å². The molecule has 2 aliphatic heterocycles. The zero-order valence-electron chi connectivity index (χ0n) is 40.4. The molecule has 16 heteroatoms. The first kappa shape index (κ1) is 45.3. The molecule has 3 aliphatic carbocycles. The first-order chi connectivity index (χ1) is 33.0. The SMILES string of the molecule is Cc1nc(N2CCC3(CC2)CC2(CC(Oc4ccc(C5=N[C@@H](Cc6ncco6)c6nnc(C)n6-c6sc(C)c(C)c65)cc4)C2)C3)ncc1C(=O)NC1C(C)(C)C(Oc2ccc(C#N)c(Cl)c2)C1(C)C. The van der Waals surface area contributed by atoms with Gasteiger partial charge in [-0.2, -0.15) is 5.26 Å². The van der Waals surface area contributed by atoms with Crippen molar-refractivity contribution in [1.29, 1.82) is 5.26 Å². The molecule has 6 heterocycles. The molecule has 5 aliphatic rings. The fourth-order valence-electron chi connectivity index (χ4n) is 12.9. The van der Waals surface area contributed by atoms with E-state index in [1.807, 2.05) is 13.8 Å². The average Bonchev–Trinajstić information content (AvgIpc) is 4.01. The van der Waals surface area contributed by atoms with Gasteiger partial charge >= 0.3 is 0 Å². The number of ether oxygens (including phenoxy) is 2. The van der Waals surface area contributed by atoms with E-state index < -0.39 is 0 Å². The molecule has 6 aromatic rings. The quantitative estimate of drug-likeness (QED) is 0.139. The number of fused-ring (bicyclic) bond motifs is 3. The number of aliphatic imine (C=N–C) groups is 1. The molecule has 1 N–H and O–H groups in total. The number of carbonyl (C=O) groups is 1. The number of amides is 1. The van der Waals surface area contributed by atoms with Gasteiger partial charge in [-0.1, -0.05) is 39.3 Å². The van der Waals surface area contributed by atoms with Crippen LogP contribution in [0.4, 0.5) is 5.95 Å². The summed E-state index contributed by atoms with van der Waals surface area (Å²) in [4.78, 5) is 36.7. The van der Waals surface area contributed by atoms with Crippen molar-refractivity contribution in [2.75, 3.05) is 18.0 Å². The Kier molecular flexibility index (Phi) is 10.8. The summed E-state index contributed by atoms with van der Waals surface area (Å²) >= 11 is 8.04. The first-order valence-corrected chi connectivity index (χ1v) is 25.2. The van der Waals surface area contributed by atoms with Gasteiger partial charge in [0.2, 0.25) is 5.95 Å². The molecule has 356 valence electrons. The minimum absolute atomic E-state index is 0.164. The smallest absolute Gasteiger partial charge is 0.254 e. The second kappa shape index (κ2) is 16.5. The predicted octanol–water partition coefficient (Wildman–Crippen LogP) is 10.2. The molecule has 2 spiro atoms. The van der Waals surface area contributed by atoms with Gasteiger partial charge in [0.15, 0.2) is 11.7 Å². The van der Waals surface area contributed by atoms with E-state index in [1.165, 1.54) is 23.3 Å². The number of carbonyl (C=O) groups excluding carboxylic acids is 1. The summed E-state index contributed by atoms with van der Waals surface area (Å²) in [6.07, 6.45) is 12.3. The number of piperidine rings is 1. The third-order valence-corrected chi connectivity index (χ3v) is 17.6. The first-order valence-electron chi connectivity index (χ1n) is 24.0. The van der Waals surface area contributed by atoms with Gasteiger partial charge in [-0.25, -0.2) is 15.0 Å². The van der Waals surface area contributed by atoms with E-state index in [1.54, 1.807) is 48.2 Å². The second-order valence-electron chi connectivity index (χ2n) is 21.5. The Bertz CT molecular complexity index is 3040. The summed E-state index contributed by atoms with van der Waals surface area (Å²) in [5.74, 6) is 4.22. The van der Waals surface area contributed by atoms with Crippen LogP contribution >= 0.6 is 22.9 Å². The molecular formula is C53H57ClN10O4S. The topological polar surface area (TPSA) is 169 Å². The molecule has 0 bridgehead atoms. The number of nitrogens with one attached hydrogen (secondary N) is 1. The molecule has 1 amide bonds. The van der Waals surface area contributed by atoms with E-state index in [9.17, 15) is 10.1 Å². The number of rotatable bonds is 10. The summed E-state index contributed by atoms with van der Waals surface area (Å²) in [5.41, 5.74) is 5.81. The van der Waals surface area contributed by atoms with Gasteiger partial charge in [0, 0.05) is 58.2 Å². The van der Waals surface area contributed by atoms with Crippen LogP contribution in [0, 0.1) is 60.7 Å². The van der Waals surface area contributed by atoms with Crippen molar-refractivity contribution in [3.8, 4) is 22.6 Å². The number of oxazole rings is 1. The lowest BCUT2D eigenvalue weighted by Gasteiger charge is -2.65. The number of benzene rings is 2. The highest BCUT2D eigenvalue weighted by Crippen LogP contribution is 2.68. The van der Waals surface area contributed by atoms with E-state index in [0.717, 1.165) is 78.0 Å². The summed E-state index contributed by atoms with van der Waals surface area (Å²) in [5, 5.41) is 23.1. The molecule has 14 nitrogen and oxygen atoms in total.